The van der Waals surface area contributed by atoms with Crippen LogP contribution in [0.1, 0.15) is 18.1 Å². The maximum atomic E-state index is 12.0. The largest absolute Gasteiger partial charge is 0.353 e. The second-order valence-electron chi connectivity index (χ2n) is 4.84. The Labute approximate surface area is 108 Å². The molecule has 18 heavy (non-hydrogen) atoms. The molecule has 98 valence electrons. The molecule has 1 aromatic carbocycles. The molecule has 0 bridgehead atoms. The third-order valence-electron chi connectivity index (χ3n) is 3.47. The molecular weight excluding hydrogens is 226 g/mol. The molecule has 0 aliphatic carbocycles. The number of carbonyl (C=O) groups excluding carboxylic acids is 1. The van der Waals surface area contributed by atoms with Gasteiger partial charge in [0.15, 0.2) is 0 Å². The molecule has 0 aromatic heterocycles. The van der Waals surface area contributed by atoms with E-state index in [1.165, 1.54) is 11.1 Å². The zero-order valence-corrected chi connectivity index (χ0v) is 11.0. The molecule has 0 saturated heterocycles. The van der Waals surface area contributed by atoms with Gasteiger partial charge < -0.3 is 16.0 Å². The zero-order chi connectivity index (χ0) is 13.0. The number of rotatable bonds is 4. The molecule has 0 saturated carbocycles. The van der Waals surface area contributed by atoms with Crippen LogP contribution in [0.2, 0.25) is 0 Å². The van der Waals surface area contributed by atoms with E-state index >= 15 is 0 Å². The van der Waals surface area contributed by atoms with Gasteiger partial charge in [0.1, 0.15) is 0 Å². The first-order chi connectivity index (χ1) is 8.70. The summed E-state index contributed by atoms with van der Waals surface area (Å²) in [5.41, 5.74) is 2.57. The van der Waals surface area contributed by atoms with Gasteiger partial charge in [-0.3, -0.25) is 4.79 Å². The molecule has 3 N–H and O–H groups in total. The molecular formula is C14H21N3O. The normalized spacial score (nSPS) is 20.0. The Kier molecular flexibility index (Phi) is 4.33. The minimum atomic E-state index is -0.107. The summed E-state index contributed by atoms with van der Waals surface area (Å²) < 4.78 is 0. The molecule has 1 amide bonds. The van der Waals surface area contributed by atoms with Gasteiger partial charge in [0.25, 0.3) is 0 Å². The maximum Gasteiger partial charge on any atom is 0.237 e. The van der Waals surface area contributed by atoms with Crippen LogP contribution in [0.4, 0.5) is 0 Å². The quantitative estimate of drug-likeness (QED) is 0.723. The van der Waals surface area contributed by atoms with Crippen LogP contribution < -0.4 is 16.0 Å². The molecule has 1 aliphatic rings. The number of hydrogen-bond acceptors (Lipinski definition) is 3. The van der Waals surface area contributed by atoms with E-state index in [-0.39, 0.29) is 11.9 Å². The summed E-state index contributed by atoms with van der Waals surface area (Å²) >= 11 is 0. The van der Waals surface area contributed by atoms with Crippen molar-refractivity contribution in [1.82, 2.24) is 16.0 Å². The molecule has 2 atom stereocenters. The van der Waals surface area contributed by atoms with E-state index in [4.69, 9.17) is 0 Å². The lowest BCUT2D eigenvalue weighted by atomic mass is 9.95. The van der Waals surface area contributed by atoms with Crippen LogP contribution in [-0.4, -0.2) is 31.6 Å². The molecule has 1 heterocycles. The van der Waals surface area contributed by atoms with Gasteiger partial charge in [0, 0.05) is 19.1 Å². The number of hydrogen-bond donors (Lipinski definition) is 3. The molecule has 4 heteroatoms. The summed E-state index contributed by atoms with van der Waals surface area (Å²) in [7, 11) is 1.89. The van der Waals surface area contributed by atoms with E-state index in [0.717, 1.165) is 13.0 Å². The maximum absolute atomic E-state index is 12.0. The van der Waals surface area contributed by atoms with Crippen molar-refractivity contribution < 1.29 is 4.79 Å². The molecule has 4 nitrogen and oxygen atoms in total. The minimum absolute atomic E-state index is 0.0894. The van der Waals surface area contributed by atoms with Gasteiger partial charge in [-0.05, 0) is 31.5 Å². The third-order valence-corrected chi connectivity index (χ3v) is 3.47. The fourth-order valence-corrected chi connectivity index (χ4v) is 2.12. The molecule has 2 unspecified atom stereocenters. The second kappa shape index (κ2) is 5.98. The van der Waals surface area contributed by atoms with Crippen molar-refractivity contribution >= 4 is 5.91 Å². The number of benzene rings is 1. The van der Waals surface area contributed by atoms with Gasteiger partial charge in [0.05, 0.1) is 6.04 Å². The van der Waals surface area contributed by atoms with Gasteiger partial charge in [-0.25, -0.2) is 0 Å². The summed E-state index contributed by atoms with van der Waals surface area (Å²) in [5.74, 6) is 0.0894. The summed E-state index contributed by atoms with van der Waals surface area (Å²) in [5, 5.41) is 9.36. The average molecular weight is 247 g/mol. The summed E-state index contributed by atoms with van der Waals surface area (Å²) in [4.78, 5) is 12.0. The molecule has 2 rings (SSSR count). The van der Waals surface area contributed by atoms with Gasteiger partial charge in [-0.1, -0.05) is 24.3 Å². The highest BCUT2D eigenvalue weighted by molar-refractivity contribution is 5.82. The standard InChI is InChI=1S/C14H21N3O/c1-10(15-2)8-17-14(18)13-7-11-5-3-4-6-12(11)9-16-13/h3-6,10,13,15-16H,7-9H2,1-2H3,(H,17,18). The van der Waals surface area contributed by atoms with Gasteiger partial charge in [-0.2, -0.15) is 0 Å². The van der Waals surface area contributed by atoms with Crippen LogP contribution in [0.3, 0.4) is 0 Å². The number of fused-ring (bicyclic) bond motifs is 1. The lowest BCUT2D eigenvalue weighted by Gasteiger charge is -2.25. The Morgan fingerprint density at radius 3 is 2.89 bits per heavy atom. The molecule has 0 spiro atoms. The lowest BCUT2D eigenvalue weighted by Crippen LogP contribution is -2.49. The second-order valence-corrected chi connectivity index (χ2v) is 4.84. The Hall–Kier alpha value is -1.39. The fourth-order valence-electron chi connectivity index (χ4n) is 2.12. The van der Waals surface area contributed by atoms with Crippen molar-refractivity contribution in [2.45, 2.75) is 32.0 Å². The highest BCUT2D eigenvalue weighted by atomic mass is 16.2. The lowest BCUT2D eigenvalue weighted by molar-refractivity contribution is -0.123. The highest BCUT2D eigenvalue weighted by Crippen LogP contribution is 2.16. The summed E-state index contributed by atoms with van der Waals surface area (Å²) in [6.07, 6.45) is 0.774. The SMILES string of the molecule is CNC(C)CNC(=O)C1Cc2ccccc2CN1. The first kappa shape index (κ1) is 13.1. The Morgan fingerprint density at radius 1 is 1.44 bits per heavy atom. The van der Waals surface area contributed by atoms with Crippen molar-refractivity contribution in [3.8, 4) is 0 Å². The van der Waals surface area contributed by atoms with E-state index in [1.807, 2.05) is 26.1 Å². The van der Waals surface area contributed by atoms with Crippen LogP contribution in [-0.2, 0) is 17.8 Å². The summed E-state index contributed by atoms with van der Waals surface area (Å²) in [6.45, 7) is 3.48. The number of nitrogens with one attached hydrogen (secondary N) is 3. The smallest absolute Gasteiger partial charge is 0.237 e. The van der Waals surface area contributed by atoms with E-state index in [9.17, 15) is 4.79 Å². The first-order valence-electron chi connectivity index (χ1n) is 6.46. The minimum Gasteiger partial charge on any atom is -0.353 e. The van der Waals surface area contributed by atoms with E-state index in [0.29, 0.717) is 12.6 Å². The molecule has 0 radical (unpaired) electrons. The van der Waals surface area contributed by atoms with Crippen LogP contribution in [0.5, 0.6) is 0 Å². The van der Waals surface area contributed by atoms with Gasteiger partial charge in [-0.15, -0.1) is 0 Å². The van der Waals surface area contributed by atoms with E-state index < -0.39 is 0 Å². The van der Waals surface area contributed by atoms with Crippen molar-refractivity contribution in [3.05, 3.63) is 35.4 Å². The average Bonchev–Trinajstić information content (AvgIpc) is 2.43. The van der Waals surface area contributed by atoms with Crippen LogP contribution in [0, 0.1) is 0 Å². The molecule has 0 fully saturated rings. The third kappa shape index (κ3) is 3.09. The Balaban J connectivity index is 1.90. The fraction of sp³-hybridized carbons (Fsp3) is 0.500. The van der Waals surface area contributed by atoms with Gasteiger partial charge >= 0.3 is 0 Å². The molecule has 1 aliphatic heterocycles. The number of carbonyl (C=O) groups is 1. The summed E-state index contributed by atoms with van der Waals surface area (Å²) in [6, 6.07) is 8.47. The van der Waals surface area contributed by atoms with Gasteiger partial charge in [0.2, 0.25) is 5.91 Å². The highest BCUT2D eigenvalue weighted by Gasteiger charge is 2.23. The van der Waals surface area contributed by atoms with Crippen LogP contribution >= 0.6 is 0 Å². The topological polar surface area (TPSA) is 53.2 Å². The zero-order valence-electron chi connectivity index (χ0n) is 11.0. The predicted molar refractivity (Wildman–Crippen MR) is 72.3 cm³/mol. The Morgan fingerprint density at radius 2 is 2.17 bits per heavy atom. The predicted octanol–water partition coefficient (Wildman–Crippen LogP) is 0.425. The monoisotopic (exact) mass is 247 g/mol. The molecule has 1 aromatic rings. The van der Waals surface area contributed by atoms with Crippen LogP contribution in [0.25, 0.3) is 0 Å². The Bertz CT molecular complexity index is 419. The first-order valence-corrected chi connectivity index (χ1v) is 6.46. The number of likely N-dealkylation sites (N-methyl/N-ethyl adjacent to an activating group) is 1. The van der Waals surface area contributed by atoms with Crippen molar-refractivity contribution in [1.29, 1.82) is 0 Å². The van der Waals surface area contributed by atoms with E-state index in [1.54, 1.807) is 0 Å². The van der Waals surface area contributed by atoms with Crippen LogP contribution in [0.15, 0.2) is 24.3 Å². The van der Waals surface area contributed by atoms with Crippen molar-refractivity contribution in [2.24, 2.45) is 0 Å². The van der Waals surface area contributed by atoms with E-state index in [2.05, 4.69) is 28.1 Å². The van der Waals surface area contributed by atoms with Crippen molar-refractivity contribution in [2.75, 3.05) is 13.6 Å². The van der Waals surface area contributed by atoms with Crippen molar-refractivity contribution in [3.63, 3.8) is 0 Å². The number of amides is 1.